The fourth-order valence-corrected chi connectivity index (χ4v) is 2.98. The van der Waals surface area contributed by atoms with Gasteiger partial charge in [-0.3, -0.25) is 0 Å². The maximum absolute atomic E-state index is 6.08. The summed E-state index contributed by atoms with van der Waals surface area (Å²) in [5.41, 5.74) is 5.08. The second kappa shape index (κ2) is 6.87. The Hall–Kier alpha value is -1.96. The molecule has 0 radical (unpaired) electrons. The minimum atomic E-state index is 0.419. The van der Waals surface area contributed by atoms with Gasteiger partial charge in [0.25, 0.3) is 0 Å². The van der Waals surface area contributed by atoms with Crippen molar-refractivity contribution in [2.75, 3.05) is 5.32 Å². The molecule has 1 aliphatic rings. The molecule has 2 aromatic rings. The average Bonchev–Trinajstić information content (AvgIpc) is 3.02. The van der Waals surface area contributed by atoms with Gasteiger partial charge in [0.1, 0.15) is 5.75 Å². The molecule has 0 amide bonds. The molecule has 2 heteroatoms. The van der Waals surface area contributed by atoms with Gasteiger partial charge in [-0.15, -0.1) is 0 Å². The third-order valence-electron chi connectivity index (χ3n) is 4.51. The van der Waals surface area contributed by atoms with Crippen molar-refractivity contribution in [3.63, 3.8) is 0 Å². The maximum Gasteiger partial charge on any atom is 0.120 e. The van der Waals surface area contributed by atoms with E-state index in [0.717, 1.165) is 12.3 Å². The van der Waals surface area contributed by atoms with Crippen LogP contribution in [0.2, 0.25) is 0 Å². The van der Waals surface area contributed by atoms with Gasteiger partial charge in [-0.1, -0.05) is 18.2 Å². The molecule has 1 N–H and O–H groups in total. The van der Waals surface area contributed by atoms with Gasteiger partial charge in [0.2, 0.25) is 0 Å². The van der Waals surface area contributed by atoms with E-state index in [2.05, 4.69) is 61.6 Å². The fourth-order valence-electron chi connectivity index (χ4n) is 2.98. The van der Waals surface area contributed by atoms with Crippen LogP contribution in [0.15, 0.2) is 42.5 Å². The van der Waals surface area contributed by atoms with Crippen molar-refractivity contribution in [2.24, 2.45) is 0 Å². The van der Waals surface area contributed by atoms with Crippen molar-refractivity contribution in [1.82, 2.24) is 0 Å². The largest absolute Gasteiger partial charge is 0.490 e. The molecule has 1 aliphatic carbocycles. The van der Waals surface area contributed by atoms with Gasteiger partial charge in [0.05, 0.1) is 6.10 Å². The third-order valence-corrected chi connectivity index (χ3v) is 4.51. The van der Waals surface area contributed by atoms with E-state index in [1.165, 1.54) is 48.1 Å². The number of hydrogen-bond donors (Lipinski definition) is 1. The van der Waals surface area contributed by atoms with Crippen LogP contribution in [0.3, 0.4) is 0 Å². The molecule has 0 aliphatic heterocycles. The number of benzene rings is 2. The van der Waals surface area contributed by atoms with Crippen LogP contribution >= 0.6 is 0 Å². The normalized spacial score (nSPS) is 15.0. The molecule has 2 nitrogen and oxygen atoms in total. The number of anilines is 1. The summed E-state index contributed by atoms with van der Waals surface area (Å²) < 4.78 is 6.08. The van der Waals surface area contributed by atoms with Gasteiger partial charge >= 0.3 is 0 Å². The van der Waals surface area contributed by atoms with Crippen molar-refractivity contribution in [3.05, 3.63) is 59.2 Å². The highest BCUT2D eigenvalue weighted by Crippen LogP contribution is 2.25. The summed E-state index contributed by atoms with van der Waals surface area (Å²) >= 11 is 0. The molecular formula is C20H25NO. The molecule has 0 aromatic heterocycles. The summed E-state index contributed by atoms with van der Waals surface area (Å²) in [5, 5.41) is 3.49. The van der Waals surface area contributed by atoms with E-state index < -0.39 is 0 Å². The highest BCUT2D eigenvalue weighted by atomic mass is 16.5. The maximum atomic E-state index is 6.08. The van der Waals surface area contributed by atoms with Crippen molar-refractivity contribution in [2.45, 2.75) is 52.2 Å². The van der Waals surface area contributed by atoms with E-state index in [-0.39, 0.29) is 0 Å². The predicted molar refractivity (Wildman–Crippen MR) is 92.6 cm³/mol. The molecule has 0 spiro atoms. The topological polar surface area (TPSA) is 21.3 Å². The zero-order valence-electron chi connectivity index (χ0n) is 13.6. The second-order valence-corrected chi connectivity index (χ2v) is 6.32. The van der Waals surface area contributed by atoms with E-state index in [0.29, 0.717) is 6.10 Å². The van der Waals surface area contributed by atoms with Gasteiger partial charge in [-0.2, -0.15) is 0 Å². The highest BCUT2D eigenvalue weighted by Gasteiger charge is 2.16. The Balaban J connectivity index is 1.61. The van der Waals surface area contributed by atoms with Crippen LogP contribution in [0.25, 0.3) is 0 Å². The molecule has 1 saturated carbocycles. The van der Waals surface area contributed by atoms with Crippen LogP contribution < -0.4 is 10.1 Å². The predicted octanol–water partition coefficient (Wildman–Crippen LogP) is 5.24. The van der Waals surface area contributed by atoms with Gasteiger partial charge in [0, 0.05) is 12.2 Å². The fraction of sp³-hybridized carbons (Fsp3) is 0.400. The zero-order chi connectivity index (χ0) is 15.4. The summed E-state index contributed by atoms with van der Waals surface area (Å²) in [6.07, 6.45) is 5.43. The lowest BCUT2D eigenvalue weighted by atomic mass is 10.1. The van der Waals surface area contributed by atoms with Crippen molar-refractivity contribution < 1.29 is 4.74 Å². The van der Waals surface area contributed by atoms with Crippen LogP contribution in [-0.4, -0.2) is 6.10 Å². The number of aryl methyl sites for hydroxylation is 2. The van der Waals surface area contributed by atoms with E-state index in [1.54, 1.807) is 0 Å². The molecule has 0 saturated heterocycles. The Morgan fingerprint density at radius 2 is 1.82 bits per heavy atom. The van der Waals surface area contributed by atoms with Crippen LogP contribution in [0, 0.1) is 13.8 Å². The molecule has 116 valence electrons. The number of ether oxygens (including phenoxy) is 1. The van der Waals surface area contributed by atoms with Crippen molar-refractivity contribution in [3.8, 4) is 5.75 Å². The first kappa shape index (κ1) is 15.0. The highest BCUT2D eigenvalue weighted by molar-refractivity contribution is 5.48. The molecule has 2 aromatic carbocycles. The first-order valence-electron chi connectivity index (χ1n) is 8.27. The van der Waals surface area contributed by atoms with Gasteiger partial charge in [-0.05, 0) is 80.5 Å². The summed E-state index contributed by atoms with van der Waals surface area (Å²) in [5.74, 6) is 1.01. The molecule has 0 heterocycles. The Bertz CT molecular complexity index is 629. The summed E-state index contributed by atoms with van der Waals surface area (Å²) in [6, 6.07) is 15.0. The Kier molecular flexibility index (Phi) is 4.67. The monoisotopic (exact) mass is 295 g/mol. The Morgan fingerprint density at radius 3 is 2.59 bits per heavy atom. The average molecular weight is 295 g/mol. The van der Waals surface area contributed by atoms with Crippen LogP contribution in [0.1, 0.15) is 42.4 Å². The lowest BCUT2D eigenvalue weighted by Gasteiger charge is -2.14. The van der Waals surface area contributed by atoms with Gasteiger partial charge in [0.15, 0.2) is 0 Å². The molecule has 3 rings (SSSR count). The SMILES string of the molecule is Cc1ccc(NCc2cccc(OC3CCCC3)c2)cc1C. The van der Waals surface area contributed by atoms with E-state index in [9.17, 15) is 0 Å². The van der Waals surface area contributed by atoms with Crippen LogP contribution in [0.5, 0.6) is 5.75 Å². The molecular weight excluding hydrogens is 270 g/mol. The number of rotatable bonds is 5. The Labute approximate surface area is 133 Å². The van der Waals surface area contributed by atoms with Crippen LogP contribution in [0.4, 0.5) is 5.69 Å². The summed E-state index contributed by atoms with van der Waals surface area (Å²) in [4.78, 5) is 0. The molecule has 0 unspecified atom stereocenters. The third kappa shape index (κ3) is 3.82. The summed E-state index contributed by atoms with van der Waals surface area (Å²) in [6.45, 7) is 5.11. The zero-order valence-corrected chi connectivity index (χ0v) is 13.6. The minimum absolute atomic E-state index is 0.419. The summed E-state index contributed by atoms with van der Waals surface area (Å²) in [7, 11) is 0. The van der Waals surface area contributed by atoms with Crippen LogP contribution in [-0.2, 0) is 6.54 Å². The smallest absolute Gasteiger partial charge is 0.120 e. The quantitative estimate of drug-likeness (QED) is 0.814. The van der Waals surface area contributed by atoms with E-state index >= 15 is 0 Å². The molecule has 0 atom stereocenters. The molecule has 1 fully saturated rings. The first-order valence-corrected chi connectivity index (χ1v) is 8.27. The number of nitrogens with one attached hydrogen (secondary N) is 1. The molecule has 0 bridgehead atoms. The standard InChI is InChI=1S/C20H25NO/c1-15-10-11-18(12-16(15)2)21-14-17-6-5-9-20(13-17)22-19-7-3-4-8-19/h5-6,9-13,19,21H,3-4,7-8,14H2,1-2H3. The van der Waals surface area contributed by atoms with Crippen molar-refractivity contribution in [1.29, 1.82) is 0 Å². The van der Waals surface area contributed by atoms with Gasteiger partial charge in [-0.25, -0.2) is 0 Å². The second-order valence-electron chi connectivity index (χ2n) is 6.32. The lowest BCUT2D eigenvalue weighted by molar-refractivity contribution is 0.210. The van der Waals surface area contributed by atoms with E-state index in [1.807, 2.05) is 0 Å². The first-order chi connectivity index (χ1) is 10.7. The van der Waals surface area contributed by atoms with E-state index in [4.69, 9.17) is 4.74 Å². The minimum Gasteiger partial charge on any atom is -0.490 e. The van der Waals surface area contributed by atoms with Gasteiger partial charge < -0.3 is 10.1 Å². The lowest BCUT2D eigenvalue weighted by Crippen LogP contribution is -2.11. The molecule has 22 heavy (non-hydrogen) atoms. The van der Waals surface area contributed by atoms with Crippen molar-refractivity contribution >= 4 is 5.69 Å². The number of hydrogen-bond acceptors (Lipinski definition) is 2. The Morgan fingerprint density at radius 1 is 1.00 bits per heavy atom.